The Morgan fingerprint density at radius 3 is 2.15 bits per heavy atom. The predicted molar refractivity (Wildman–Crippen MR) is 181 cm³/mol. The first kappa shape index (κ1) is 35.4. The van der Waals surface area contributed by atoms with Crippen molar-refractivity contribution in [3.05, 3.63) is 81.3 Å². The zero-order chi connectivity index (χ0) is 33.6. The van der Waals surface area contributed by atoms with Gasteiger partial charge in [0.1, 0.15) is 12.6 Å². The van der Waals surface area contributed by atoms with Crippen molar-refractivity contribution in [3.63, 3.8) is 0 Å². The van der Waals surface area contributed by atoms with Crippen LogP contribution in [0.15, 0.2) is 59.5 Å². The number of rotatable bonds is 12. The molecule has 1 atom stereocenters. The molecule has 12 heteroatoms. The standard InChI is InChI=1S/C34H41Cl2N3O6S/c1-22-15-23(2)17-27(16-22)39(46(42,43)28-12-14-31(44-4)32(19-28)45-5)21-33(40)38(20-25-11-13-29(35)30(36)18-25)24(3)34(41)37-26-9-7-6-8-10-26/h11-19,24,26H,6-10,20-21H2,1-5H3,(H,37,41)/t24-/m0/s1. The van der Waals surface area contributed by atoms with Crippen molar-refractivity contribution in [2.24, 2.45) is 0 Å². The summed E-state index contributed by atoms with van der Waals surface area (Å²) in [5.74, 6) is -0.285. The van der Waals surface area contributed by atoms with E-state index in [4.69, 9.17) is 32.7 Å². The minimum atomic E-state index is -4.32. The van der Waals surface area contributed by atoms with Gasteiger partial charge in [0.05, 0.1) is 34.8 Å². The van der Waals surface area contributed by atoms with Gasteiger partial charge in [0.15, 0.2) is 11.5 Å². The number of sulfonamides is 1. The monoisotopic (exact) mass is 689 g/mol. The molecule has 4 rings (SSSR count). The molecule has 0 radical (unpaired) electrons. The van der Waals surface area contributed by atoms with E-state index in [2.05, 4.69) is 5.32 Å². The molecule has 46 heavy (non-hydrogen) atoms. The van der Waals surface area contributed by atoms with Crippen LogP contribution in [0.3, 0.4) is 0 Å². The lowest BCUT2D eigenvalue weighted by Gasteiger charge is -2.33. The SMILES string of the molecule is COc1ccc(S(=O)(=O)N(CC(=O)N(Cc2ccc(Cl)c(Cl)c2)[C@@H](C)C(=O)NC2CCCCC2)c2cc(C)cc(C)c2)cc1OC. The third-order valence-corrected chi connectivity index (χ3v) is 10.7. The number of hydrogen-bond donors (Lipinski definition) is 1. The maximum atomic E-state index is 14.3. The first-order valence-corrected chi connectivity index (χ1v) is 17.4. The highest BCUT2D eigenvalue weighted by molar-refractivity contribution is 7.92. The Balaban J connectivity index is 1.75. The lowest BCUT2D eigenvalue weighted by molar-refractivity contribution is -0.139. The van der Waals surface area contributed by atoms with E-state index in [1.165, 1.54) is 37.3 Å². The number of ether oxygens (including phenoxy) is 2. The summed E-state index contributed by atoms with van der Waals surface area (Å²) >= 11 is 12.4. The molecular formula is C34H41Cl2N3O6S. The fraction of sp³-hybridized carbons (Fsp3) is 0.412. The topological polar surface area (TPSA) is 105 Å². The quantitative estimate of drug-likeness (QED) is 0.227. The number of anilines is 1. The van der Waals surface area contributed by atoms with Gasteiger partial charge in [-0.1, -0.05) is 54.6 Å². The van der Waals surface area contributed by atoms with Gasteiger partial charge < -0.3 is 19.7 Å². The molecule has 0 heterocycles. The Morgan fingerprint density at radius 2 is 1.54 bits per heavy atom. The van der Waals surface area contributed by atoms with Crippen LogP contribution in [0.2, 0.25) is 10.0 Å². The Hall–Kier alpha value is -3.47. The summed E-state index contributed by atoms with van der Waals surface area (Å²) in [5, 5.41) is 3.76. The second kappa shape index (κ2) is 15.4. The molecule has 0 spiro atoms. The average molecular weight is 691 g/mol. The maximum Gasteiger partial charge on any atom is 0.264 e. The minimum absolute atomic E-state index is 0.00602. The van der Waals surface area contributed by atoms with Crippen LogP contribution in [0.4, 0.5) is 5.69 Å². The Labute approximate surface area is 281 Å². The van der Waals surface area contributed by atoms with Gasteiger partial charge >= 0.3 is 0 Å². The van der Waals surface area contributed by atoms with Crippen molar-refractivity contribution < 1.29 is 27.5 Å². The van der Waals surface area contributed by atoms with Gasteiger partial charge in [-0.05, 0) is 86.7 Å². The van der Waals surface area contributed by atoms with E-state index in [0.717, 1.165) is 47.5 Å². The summed E-state index contributed by atoms with van der Waals surface area (Å²) in [6.07, 6.45) is 4.95. The average Bonchev–Trinajstić information content (AvgIpc) is 3.03. The molecule has 1 aliphatic carbocycles. The second-order valence-electron chi connectivity index (χ2n) is 11.7. The molecule has 1 N–H and O–H groups in total. The second-order valence-corrected chi connectivity index (χ2v) is 14.3. The molecule has 0 aromatic heterocycles. The van der Waals surface area contributed by atoms with Gasteiger partial charge in [0, 0.05) is 18.7 Å². The van der Waals surface area contributed by atoms with Crippen LogP contribution in [0.25, 0.3) is 0 Å². The van der Waals surface area contributed by atoms with E-state index in [1.807, 2.05) is 19.9 Å². The highest BCUT2D eigenvalue weighted by atomic mass is 35.5. The third-order valence-electron chi connectivity index (χ3n) is 8.17. The number of carbonyl (C=O) groups is 2. The van der Waals surface area contributed by atoms with Gasteiger partial charge in [0.2, 0.25) is 11.8 Å². The van der Waals surface area contributed by atoms with Crippen LogP contribution in [-0.2, 0) is 26.2 Å². The molecule has 1 aliphatic rings. The van der Waals surface area contributed by atoms with Crippen LogP contribution in [0.1, 0.15) is 55.7 Å². The van der Waals surface area contributed by atoms with E-state index < -0.39 is 28.5 Å². The Bertz CT molecular complexity index is 1660. The molecule has 3 aromatic carbocycles. The molecule has 0 bridgehead atoms. The van der Waals surface area contributed by atoms with Crippen molar-refractivity contribution in [3.8, 4) is 11.5 Å². The normalized spacial score (nSPS) is 14.3. The van der Waals surface area contributed by atoms with E-state index in [9.17, 15) is 18.0 Å². The number of carbonyl (C=O) groups excluding carboxylic acids is 2. The van der Waals surface area contributed by atoms with Crippen molar-refractivity contribution in [2.75, 3.05) is 25.1 Å². The number of benzene rings is 3. The van der Waals surface area contributed by atoms with Crippen LogP contribution >= 0.6 is 23.2 Å². The molecule has 248 valence electrons. The molecule has 0 aliphatic heterocycles. The fourth-order valence-electron chi connectivity index (χ4n) is 5.71. The number of nitrogens with zero attached hydrogens (tertiary/aromatic N) is 2. The van der Waals surface area contributed by atoms with Gasteiger partial charge in [-0.25, -0.2) is 8.42 Å². The Kier molecular flexibility index (Phi) is 11.9. The number of aryl methyl sites for hydroxylation is 2. The van der Waals surface area contributed by atoms with Crippen LogP contribution < -0.4 is 19.1 Å². The van der Waals surface area contributed by atoms with Crippen molar-refractivity contribution >= 4 is 50.7 Å². The first-order valence-electron chi connectivity index (χ1n) is 15.2. The fourth-order valence-corrected chi connectivity index (χ4v) is 7.45. The lowest BCUT2D eigenvalue weighted by Crippen LogP contribution is -2.53. The van der Waals surface area contributed by atoms with Gasteiger partial charge in [-0.2, -0.15) is 0 Å². The summed E-state index contributed by atoms with van der Waals surface area (Å²) in [7, 11) is -1.44. The zero-order valence-electron chi connectivity index (χ0n) is 26.8. The molecule has 9 nitrogen and oxygen atoms in total. The maximum absolute atomic E-state index is 14.3. The van der Waals surface area contributed by atoms with E-state index in [1.54, 1.807) is 37.3 Å². The van der Waals surface area contributed by atoms with Crippen molar-refractivity contribution in [1.82, 2.24) is 10.2 Å². The van der Waals surface area contributed by atoms with E-state index in [-0.39, 0.29) is 29.1 Å². The number of methoxy groups -OCH3 is 2. The molecule has 2 amide bonds. The van der Waals surface area contributed by atoms with Crippen molar-refractivity contribution in [2.45, 2.75) is 76.4 Å². The first-order chi connectivity index (χ1) is 21.8. The van der Waals surface area contributed by atoms with Crippen molar-refractivity contribution in [1.29, 1.82) is 0 Å². The molecule has 0 saturated heterocycles. The smallest absolute Gasteiger partial charge is 0.264 e. The molecule has 3 aromatic rings. The van der Waals surface area contributed by atoms with Crippen LogP contribution in [0.5, 0.6) is 11.5 Å². The molecule has 0 unspecified atom stereocenters. The summed E-state index contributed by atoms with van der Waals surface area (Å²) in [5.41, 5.74) is 2.60. The van der Waals surface area contributed by atoms with Crippen LogP contribution in [0, 0.1) is 13.8 Å². The Morgan fingerprint density at radius 1 is 0.891 bits per heavy atom. The molecule has 1 saturated carbocycles. The van der Waals surface area contributed by atoms with Gasteiger partial charge in [-0.15, -0.1) is 0 Å². The summed E-state index contributed by atoms with van der Waals surface area (Å²) in [4.78, 5) is 29.2. The highest BCUT2D eigenvalue weighted by Gasteiger charge is 2.34. The summed E-state index contributed by atoms with van der Waals surface area (Å²) < 4.78 is 40.4. The number of amides is 2. The van der Waals surface area contributed by atoms with Gasteiger partial charge in [-0.3, -0.25) is 13.9 Å². The summed E-state index contributed by atoms with van der Waals surface area (Å²) in [6.45, 7) is 4.80. The third kappa shape index (κ3) is 8.46. The largest absolute Gasteiger partial charge is 0.493 e. The highest BCUT2D eigenvalue weighted by Crippen LogP contribution is 2.33. The van der Waals surface area contributed by atoms with Gasteiger partial charge in [0.25, 0.3) is 10.0 Å². The predicted octanol–water partition coefficient (Wildman–Crippen LogP) is 6.69. The minimum Gasteiger partial charge on any atom is -0.493 e. The van der Waals surface area contributed by atoms with Crippen LogP contribution in [-0.4, -0.2) is 58.0 Å². The lowest BCUT2D eigenvalue weighted by atomic mass is 9.95. The number of hydrogen-bond acceptors (Lipinski definition) is 6. The molecular weight excluding hydrogens is 649 g/mol. The van der Waals surface area contributed by atoms with E-state index >= 15 is 0 Å². The number of halogens is 2. The number of nitrogens with one attached hydrogen (secondary N) is 1. The zero-order valence-corrected chi connectivity index (χ0v) is 29.1. The van der Waals surface area contributed by atoms with E-state index in [0.29, 0.717) is 27.0 Å². The molecule has 1 fully saturated rings. The summed E-state index contributed by atoms with van der Waals surface area (Å²) in [6, 6.07) is 13.7.